The molecule has 12 aromatic rings. The molecule has 5 fully saturated rings. The number of fused-ring (bicyclic) bond motifs is 6. The second kappa shape index (κ2) is 39.4. The molecule has 0 N–H and O–H groups in total. The maximum atomic E-state index is 12.5. The number of rotatable bonds is 3. The fourth-order valence-electron chi connectivity index (χ4n) is 11.6. The van der Waals surface area contributed by atoms with E-state index in [1.54, 1.807) is 72.8 Å². The Morgan fingerprint density at radius 3 is 0.426 bits per heavy atom. The van der Waals surface area contributed by atoms with Crippen LogP contribution in [-0.2, 0) is 23.7 Å². The minimum Gasteiger partial charge on any atom is -0.872 e. The molecule has 0 amide bonds. The Labute approximate surface area is 609 Å². The molecule has 5 heterocycles. The van der Waals surface area contributed by atoms with Crippen molar-refractivity contribution in [3.05, 3.63) is 218 Å². The number of hydrogen-bond acceptors (Lipinski definition) is 11. The first kappa shape index (κ1) is 74.8. The third-order valence-electron chi connectivity index (χ3n) is 16.2. The van der Waals surface area contributed by atoms with Gasteiger partial charge in [-0.25, -0.2) is 0 Å². The summed E-state index contributed by atoms with van der Waals surface area (Å²) in [6.45, 7) is 10.0. The van der Waals surface area contributed by atoms with Crippen molar-refractivity contribution in [2.24, 2.45) is 0 Å². The zero-order valence-corrected chi connectivity index (χ0v) is 57.1. The van der Waals surface area contributed by atoms with Gasteiger partial charge < -0.3 is 54.3 Å². The third kappa shape index (κ3) is 20.0. The molecule has 14 heteroatoms. The summed E-state index contributed by atoms with van der Waals surface area (Å²) in [5.41, 5.74) is 3.00. The van der Waals surface area contributed by atoms with Gasteiger partial charge in [0.05, 0.1) is 0 Å². The van der Waals surface area contributed by atoms with Crippen molar-refractivity contribution < 1.29 is 134 Å². The van der Waals surface area contributed by atoms with Gasteiger partial charge in [0, 0.05) is 66.1 Å². The van der Waals surface area contributed by atoms with Crippen LogP contribution in [0.5, 0.6) is 34.5 Å². The Balaban J connectivity index is 0.000000165. The molecule has 5 aliphatic rings. The van der Waals surface area contributed by atoms with Crippen LogP contribution in [0.2, 0.25) is 0 Å². The van der Waals surface area contributed by atoms with Crippen molar-refractivity contribution in [2.45, 2.75) is 64.2 Å². The molecule has 0 aromatic heterocycles. The van der Waals surface area contributed by atoms with E-state index in [4.69, 9.17) is 23.7 Å². The van der Waals surface area contributed by atoms with Gasteiger partial charge in [0.2, 0.25) is 0 Å². The Bertz CT molecular complexity index is 3550. The number of benzene rings is 12. The van der Waals surface area contributed by atoms with Gasteiger partial charge in [-0.1, -0.05) is 218 Å². The van der Waals surface area contributed by atoms with Crippen molar-refractivity contribution in [3.63, 3.8) is 0 Å². The van der Waals surface area contributed by atoms with E-state index in [0.717, 1.165) is 131 Å². The average molecular weight is 1370 g/mol. The number of hydrogen-bond donors (Lipinski definition) is 0. The van der Waals surface area contributed by atoms with Gasteiger partial charge in [0.25, 0.3) is 0 Å². The molecule has 0 spiro atoms. The molecule has 0 bridgehead atoms. The molecule has 5 aliphatic heterocycles. The van der Waals surface area contributed by atoms with E-state index in [1.807, 2.05) is 146 Å². The second-order valence-electron chi connectivity index (χ2n) is 22.6. The van der Waals surface area contributed by atoms with Crippen molar-refractivity contribution in [2.75, 3.05) is 66.1 Å². The molecule has 5 saturated heterocycles. The molecule has 468 valence electrons. The predicted octanol–water partition coefficient (Wildman–Crippen LogP) is 9.41. The van der Waals surface area contributed by atoms with Gasteiger partial charge in [0.1, 0.15) is 0 Å². The standard InChI is InChI=1S/3C20H14O2.5C4H8O.Ce.2Li/c3*21-17-11-9-13-5-1-3-7-15(13)19(17)20-16-8-4-2-6-14(16)10-12-18(20)22;5*1-2-4-5-3-1;;;/h3*1-12,21-22H;5*1-4H2;;;/q;;;;;;;;+4;2*+1/p-6. The summed E-state index contributed by atoms with van der Waals surface area (Å²) >= 11 is 0. The SMILES string of the molecule is C1CCOC1.C1CCOC1.C1CCOC1.C1CCOC1.C1CCOC1.[Ce+4].[Li+].[Li+].[O-]c1ccc2ccccc2c1-c1c([O-])ccc2ccccc12.[O-]c1ccc2ccccc2c1-c1c([O-])ccc2ccccc12.[O-]c1ccc2ccccc2c1-c1c([O-])ccc2ccccc12. The van der Waals surface area contributed by atoms with Crippen LogP contribution in [0.25, 0.3) is 98.0 Å². The fraction of sp³-hybridized carbons (Fsp3) is 0.250. The zero-order chi connectivity index (χ0) is 63.0. The van der Waals surface area contributed by atoms with Crippen LogP contribution in [0.1, 0.15) is 64.2 Å². The van der Waals surface area contributed by atoms with Crippen LogP contribution >= 0.6 is 0 Å². The molecule has 0 saturated carbocycles. The molecule has 0 radical (unpaired) electrons. The van der Waals surface area contributed by atoms with Crippen molar-refractivity contribution >= 4 is 64.6 Å². The first-order valence-corrected chi connectivity index (χ1v) is 31.8. The minimum atomic E-state index is -0.118. The van der Waals surface area contributed by atoms with E-state index < -0.39 is 0 Å². The molecular formula is C80H76CeLi2O11. The van der Waals surface area contributed by atoms with E-state index in [-0.39, 0.29) is 114 Å². The third-order valence-corrected chi connectivity index (χ3v) is 16.2. The van der Waals surface area contributed by atoms with Gasteiger partial charge in [-0.15, -0.1) is 34.5 Å². The Hall–Kier alpha value is -6.63. The van der Waals surface area contributed by atoms with Gasteiger partial charge in [-0.05, 0) is 162 Å². The summed E-state index contributed by atoms with van der Waals surface area (Å²) in [7, 11) is 0. The summed E-state index contributed by atoms with van der Waals surface area (Å²) in [4.78, 5) is 0. The molecule has 0 unspecified atom stereocenters. The smallest absolute Gasteiger partial charge is 0.872 e. The van der Waals surface area contributed by atoms with Gasteiger partial charge in [-0.2, -0.15) is 0 Å². The Morgan fingerprint density at radius 2 is 0.309 bits per heavy atom. The maximum absolute atomic E-state index is 12.5. The molecule has 11 nitrogen and oxygen atoms in total. The fourth-order valence-corrected chi connectivity index (χ4v) is 11.6. The monoisotopic (exact) mass is 1370 g/mol. The van der Waals surface area contributed by atoms with Gasteiger partial charge >= 0.3 is 79.5 Å². The Morgan fingerprint density at radius 1 is 0.181 bits per heavy atom. The normalized spacial score (nSPS) is 14.2. The summed E-state index contributed by atoms with van der Waals surface area (Å²) < 4.78 is 24.7. The summed E-state index contributed by atoms with van der Waals surface area (Å²) in [5.74, 6) is -0.710. The van der Waals surface area contributed by atoms with Crippen LogP contribution in [0.3, 0.4) is 0 Å². The summed E-state index contributed by atoms with van der Waals surface area (Å²) in [5, 5.41) is 85.7. The molecule has 94 heavy (non-hydrogen) atoms. The zero-order valence-electron chi connectivity index (χ0n) is 53.9. The van der Waals surface area contributed by atoms with Crippen molar-refractivity contribution in [1.29, 1.82) is 0 Å². The summed E-state index contributed by atoms with van der Waals surface area (Å²) in [6.07, 6.45) is 12.8. The van der Waals surface area contributed by atoms with E-state index in [2.05, 4.69) is 0 Å². The average Bonchev–Trinajstić information content (AvgIpc) is 1.01. The minimum absolute atomic E-state index is 0. The van der Waals surface area contributed by atoms with Crippen LogP contribution in [0, 0.1) is 41.7 Å². The van der Waals surface area contributed by atoms with E-state index in [1.165, 1.54) is 64.2 Å². The second-order valence-corrected chi connectivity index (χ2v) is 22.6. The van der Waals surface area contributed by atoms with E-state index in [9.17, 15) is 30.6 Å². The van der Waals surface area contributed by atoms with Crippen LogP contribution < -0.4 is 68.4 Å². The quantitative estimate of drug-likeness (QED) is 0.154. The topological polar surface area (TPSA) is 185 Å². The maximum Gasteiger partial charge on any atom is 4.00 e. The summed E-state index contributed by atoms with van der Waals surface area (Å²) in [6, 6.07) is 66.1. The van der Waals surface area contributed by atoms with E-state index in [0.29, 0.717) is 33.4 Å². The largest absolute Gasteiger partial charge is 4.00 e. The Kier molecular flexibility index (Phi) is 31.4. The molecule has 17 rings (SSSR count). The predicted molar refractivity (Wildman–Crippen MR) is 358 cm³/mol. The number of ether oxygens (including phenoxy) is 5. The van der Waals surface area contributed by atoms with Crippen LogP contribution in [0.4, 0.5) is 0 Å². The first-order valence-electron chi connectivity index (χ1n) is 31.8. The van der Waals surface area contributed by atoms with Crippen molar-refractivity contribution in [1.82, 2.24) is 0 Å². The van der Waals surface area contributed by atoms with Crippen LogP contribution in [0.15, 0.2) is 218 Å². The van der Waals surface area contributed by atoms with Crippen LogP contribution in [-0.4, -0.2) is 66.1 Å². The van der Waals surface area contributed by atoms with Gasteiger partial charge in [0.15, 0.2) is 0 Å². The molecule has 0 atom stereocenters. The first-order chi connectivity index (χ1) is 44.8. The van der Waals surface area contributed by atoms with Crippen molar-refractivity contribution in [3.8, 4) is 67.9 Å². The molecule has 12 aromatic carbocycles. The van der Waals surface area contributed by atoms with Gasteiger partial charge in [-0.3, -0.25) is 0 Å². The van der Waals surface area contributed by atoms with E-state index >= 15 is 0 Å². The molecular weight excluding hydrogens is 1290 g/mol. The molecule has 0 aliphatic carbocycles.